The average Bonchev–Trinajstić information content (AvgIpc) is 2.84. The molecule has 0 N–H and O–H groups in total. The molecule has 1 aliphatic rings. The number of hydrogen-bond acceptors (Lipinski definition) is 2. The molecule has 1 aliphatic heterocycles. The lowest BCUT2D eigenvalue weighted by Crippen LogP contribution is -2.23. The zero-order chi connectivity index (χ0) is 14.6. The zero-order valence-electron chi connectivity index (χ0n) is 12.9. The Morgan fingerprint density at radius 3 is 2.50 bits per heavy atom. The monoisotopic (exact) mass is 295 g/mol. The van der Waals surface area contributed by atoms with Crippen LogP contribution in [0.25, 0.3) is 0 Å². The molecule has 112 valence electrons. The van der Waals surface area contributed by atoms with E-state index in [2.05, 4.69) is 11.0 Å². The van der Waals surface area contributed by atoms with Crippen molar-refractivity contribution in [3.05, 3.63) is 28.8 Å². The van der Waals surface area contributed by atoms with Gasteiger partial charge in [0.2, 0.25) is 0 Å². The Hall–Kier alpha value is -0.730. The van der Waals surface area contributed by atoms with Crippen LogP contribution in [0.15, 0.2) is 18.2 Å². The standard InChI is InChI=1S/C17H26ClNO/c1-17(2,3)20-16-9-8-14(13-15(16)18)7-6-12-19-10-4-5-11-19/h8-9,13H,4-7,10-12H2,1-3H3. The maximum absolute atomic E-state index is 6.31. The third-order valence-corrected chi connectivity index (χ3v) is 3.85. The van der Waals surface area contributed by atoms with Crippen molar-refractivity contribution in [1.29, 1.82) is 0 Å². The molecule has 20 heavy (non-hydrogen) atoms. The molecule has 0 amide bonds. The summed E-state index contributed by atoms with van der Waals surface area (Å²) in [6, 6.07) is 6.18. The highest BCUT2D eigenvalue weighted by Gasteiger charge is 2.14. The molecule has 0 saturated carbocycles. The van der Waals surface area contributed by atoms with Crippen LogP contribution in [-0.2, 0) is 6.42 Å². The molecule has 2 rings (SSSR count). The lowest BCUT2D eigenvalue weighted by atomic mass is 10.1. The van der Waals surface area contributed by atoms with Crippen molar-refractivity contribution in [3.8, 4) is 5.75 Å². The molecule has 0 unspecified atom stereocenters. The fourth-order valence-corrected chi connectivity index (χ4v) is 2.87. The average molecular weight is 296 g/mol. The molecule has 1 fully saturated rings. The Labute approximate surface area is 128 Å². The highest BCUT2D eigenvalue weighted by atomic mass is 35.5. The Kier molecular flexibility index (Phi) is 5.34. The number of ether oxygens (including phenoxy) is 1. The molecule has 1 aromatic carbocycles. The summed E-state index contributed by atoms with van der Waals surface area (Å²) >= 11 is 6.31. The van der Waals surface area contributed by atoms with Gasteiger partial charge >= 0.3 is 0 Å². The van der Waals surface area contributed by atoms with Crippen molar-refractivity contribution in [2.75, 3.05) is 19.6 Å². The minimum atomic E-state index is -0.207. The second-order valence-corrected chi connectivity index (χ2v) is 7.04. The molecule has 1 saturated heterocycles. The Bertz CT molecular complexity index is 433. The van der Waals surface area contributed by atoms with Crippen molar-refractivity contribution >= 4 is 11.6 Å². The van der Waals surface area contributed by atoms with Crippen LogP contribution in [0.1, 0.15) is 45.6 Å². The number of benzene rings is 1. The van der Waals surface area contributed by atoms with Gasteiger partial charge in [-0.25, -0.2) is 0 Å². The van der Waals surface area contributed by atoms with E-state index >= 15 is 0 Å². The van der Waals surface area contributed by atoms with Gasteiger partial charge in [0, 0.05) is 0 Å². The molecule has 0 bridgehead atoms. The van der Waals surface area contributed by atoms with E-state index in [1.165, 1.54) is 44.5 Å². The van der Waals surface area contributed by atoms with Crippen LogP contribution < -0.4 is 4.74 Å². The fourth-order valence-electron chi connectivity index (χ4n) is 2.63. The highest BCUT2D eigenvalue weighted by Crippen LogP contribution is 2.29. The van der Waals surface area contributed by atoms with Crippen LogP contribution in [0.5, 0.6) is 5.75 Å². The van der Waals surface area contributed by atoms with Crippen LogP contribution in [0.3, 0.4) is 0 Å². The maximum atomic E-state index is 6.31. The number of hydrogen-bond donors (Lipinski definition) is 0. The molecule has 0 spiro atoms. The number of likely N-dealkylation sites (tertiary alicyclic amines) is 1. The first-order valence-corrected chi connectivity index (χ1v) is 8.02. The van der Waals surface area contributed by atoms with E-state index in [-0.39, 0.29) is 5.60 Å². The first-order chi connectivity index (χ1) is 9.44. The topological polar surface area (TPSA) is 12.5 Å². The first kappa shape index (κ1) is 15.7. The quantitative estimate of drug-likeness (QED) is 0.790. The smallest absolute Gasteiger partial charge is 0.138 e. The molecule has 0 aliphatic carbocycles. The summed E-state index contributed by atoms with van der Waals surface area (Å²) in [4.78, 5) is 2.55. The molecule has 3 heteroatoms. The molecule has 0 radical (unpaired) electrons. The van der Waals surface area contributed by atoms with Crippen LogP contribution in [-0.4, -0.2) is 30.1 Å². The SMILES string of the molecule is CC(C)(C)Oc1ccc(CCCN2CCCC2)cc1Cl. The zero-order valence-corrected chi connectivity index (χ0v) is 13.7. The van der Waals surface area contributed by atoms with Crippen LogP contribution in [0.2, 0.25) is 5.02 Å². The number of aryl methyl sites for hydroxylation is 1. The Balaban J connectivity index is 1.85. The van der Waals surface area contributed by atoms with Gasteiger partial charge in [-0.1, -0.05) is 17.7 Å². The first-order valence-electron chi connectivity index (χ1n) is 7.64. The summed E-state index contributed by atoms with van der Waals surface area (Å²) < 4.78 is 5.83. The van der Waals surface area contributed by atoms with E-state index in [1.54, 1.807) is 0 Å². The van der Waals surface area contributed by atoms with Crippen molar-refractivity contribution in [2.45, 2.75) is 52.1 Å². The van der Waals surface area contributed by atoms with Gasteiger partial charge in [-0.15, -0.1) is 0 Å². The van der Waals surface area contributed by atoms with Gasteiger partial charge in [-0.05, 0) is 83.8 Å². The maximum Gasteiger partial charge on any atom is 0.138 e. The van der Waals surface area contributed by atoms with Gasteiger partial charge < -0.3 is 9.64 Å². The van der Waals surface area contributed by atoms with Crippen molar-refractivity contribution in [2.24, 2.45) is 0 Å². The van der Waals surface area contributed by atoms with E-state index in [0.29, 0.717) is 0 Å². The minimum Gasteiger partial charge on any atom is -0.487 e. The fraction of sp³-hybridized carbons (Fsp3) is 0.647. The van der Waals surface area contributed by atoms with E-state index < -0.39 is 0 Å². The molecular weight excluding hydrogens is 270 g/mol. The van der Waals surface area contributed by atoms with Crippen LogP contribution in [0, 0.1) is 0 Å². The second-order valence-electron chi connectivity index (χ2n) is 6.63. The van der Waals surface area contributed by atoms with Crippen molar-refractivity contribution in [3.63, 3.8) is 0 Å². The highest BCUT2D eigenvalue weighted by molar-refractivity contribution is 6.32. The number of nitrogens with zero attached hydrogens (tertiary/aromatic N) is 1. The summed E-state index contributed by atoms with van der Waals surface area (Å²) in [6.45, 7) is 9.87. The lowest BCUT2D eigenvalue weighted by Gasteiger charge is -2.22. The molecule has 1 aromatic rings. The van der Waals surface area contributed by atoms with E-state index in [0.717, 1.165) is 17.2 Å². The molecule has 2 nitrogen and oxygen atoms in total. The minimum absolute atomic E-state index is 0.207. The second kappa shape index (κ2) is 6.82. The van der Waals surface area contributed by atoms with Gasteiger partial charge in [0.05, 0.1) is 5.02 Å². The van der Waals surface area contributed by atoms with Gasteiger partial charge in [0.25, 0.3) is 0 Å². The van der Waals surface area contributed by atoms with Crippen LogP contribution >= 0.6 is 11.6 Å². The molecule has 1 heterocycles. The summed E-state index contributed by atoms with van der Waals surface area (Å²) in [7, 11) is 0. The molecule has 0 atom stereocenters. The van der Waals surface area contributed by atoms with Gasteiger partial charge in [-0.3, -0.25) is 0 Å². The van der Waals surface area contributed by atoms with Gasteiger partial charge in [0.1, 0.15) is 11.4 Å². The van der Waals surface area contributed by atoms with E-state index in [4.69, 9.17) is 16.3 Å². The third kappa shape index (κ3) is 4.99. The predicted octanol–water partition coefficient (Wildman–Crippen LogP) is 4.55. The van der Waals surface area contributed by atoms with Gasteiger partial charge in [-0.2, -0.15) is 0 Å². The lowest BCUT2D eigenvalue weighted by molar-refractivity contribution is 0.131. The summed E-state index contributed by atoms with van der Waals surface area (Å²) in [5, 5.41) is 0.721. The largest absolute Gasteiger partial charge is 0.487 e. The summed E-state index contributed by atoms with van der Waals surface area (Å²) in [5.74, 6) is 0.780. The number of rotatable bonds is 5. The number of halogens is 1. The van der Waals surface area contributed by atoms with Gasteiger partial charge in [0.15, 0.2) is 0 Å². The summed E-state index contributed by atoms with van der Waals surface area (Å²) in [6.07, 6.45) is 5.02. The van der Waals surface area contributed by atoms with E-state index in [1.807, 2.05) is 32.9 Å². The molecule has 0 aromatic heterocycles. The Morgan fingerprint density at radius 2 is 1.90 bits per heavy atom. The Morgan fingerprint density at radius 1 is 1.20 bits per heavy atom. The summed E-state index contributed by atoms with van der Waals surface area (Å²) in [5.41, 5.74) is 1.09. The normalized spacial score (nSPS) is 16.6. The van der Waals surface area contributed by atoms with Crippen molar-refractivity contribution in [1.82, 2.24) is 4.90 Å². The third-order valence-electron chi connectivity index (χ3n) is 3.55. The van der Waals surface area contributed by atoms with Crippen molar-refractivity contribution < 1.29 is 4.74 Å². The van der Waals surface area contributed by atoms with Crippen LogP contribution in [0.4, 0.5) is 0 Å². The predicted molar refractivity (Wildman–Crippen MR) is 85.8 cm³/mol. The van der Waals surface area contributed by atoms with E-state index in [9.17, 15) is 0 Å². The molecular formula is C17H26ClNO.